The van der Waals surface area contributed by atoms with E-state index in [1.165, 1.54) is 18.2 Å². The maximum absolute atomic E-state index is 12.9. The molecule has 1 aliphatic heterocycles. The van der Waals surface area contributed by atoms with E-state index in [1.807, 2.05) is 6.92 Å². The lowest BCUT2D eigenvalue weighted by Gasteiger charge is -2.25. The van der Waals surface area contributed by atoms with Crippen molar-refractivity contribution in [1.29, 1.82) is 5.26 Å². The second-order valence-electron chi connectivity index (χ2n) is 6.88. The van der Waals surface area contributed by atoms with Gasteiger partial charge in [0.25, 0.3) is 0 Å². The standard InChI is InChI=1S/C21H18N4O4S/c1-12-7-9-14(10-8-12)30(26,27)29-17-6-4-3-5-15(17)19-16(11-22)20(23)28-21-18(19)13(2)24-25-21/h3-10,19H,23H2,1-2H3,(H,24,25). The molecule has 2 aromatic carbocycles. The SMILES string of the molecule is Cc1ccc(S(=O)(=O)Oc2ccccc2C2C(C#N)=C(N)Oc3n[nH]c(C)c32)cc1. The minimum Gasteiger partial charge on any atom is -0.420 e. The smallest absolute Gasteiger partial charge is 0.339 e. The minimum atomic E-state index is -4.09. The van der Waals surface area contributed by atoms with E-state index in [9.17, 15) is 13.7 Å². The van der Waals surface area contributed by atoms with Crippen molar-refractivity contribution in [2.24, 2.45) is 5.73 Å². The molecule has 1 unspecified atom stereocenters. The summed E-state index contributed by atoms with van der Waals surface area (Å²) in [5, 5.41) is 16.6. The third-order valence-electron chi connectivity index (χ3n) is 4.87. The number of nitrogens with two attached hydrogens (primary N) is 1. The summed E-state index contributed by atoms with van der Waals surface area (Å²) < 4.78 is 36.7. The third kappa shape index (κ3) is 3.27. The molecule has 0 fully saturated rings. The molecule has 1 aliphatic rings. The van der Waals surface area contributed by atoms with Gasteiger partial charge in [-0.1, -0.05) is 35.9 Å². The summed E-state index contributed by atoms with van der Waals surface area (Å²) >= 11 is 0. The van der Waals surface area contributed by atoms with Crippen LogP contribution in [-0.2, 0) is 10.1 Å². The van der Waals surface area contributed by atoms with Crippen LogP contribution in [0.5, 0.6) is 11.6 Å². The summed E-state index contributed by atoms with van der Waals surface area (Å²) in [5.74, 6) is -0.443. The van der Waals surface area contributed by atoms with Gasteiger partial charge in [-0.2, -0.15) is 13.7 Å². The number of hydrogen-bond acceptors (Lipinski definition) is 7. The molecule has 3 aromatic rings. The second kappa shape index (κ2) is 7.24. The fourth-order valence-electron chi connectivity index (χ4n) is 3.38. The second-order valence-corrected chi connectivity index (χ2v) is 8.43. The van der Waals surface area contributed by atoms with Crippen molar-refractivity contribution in [1.82, 2.24) is 10.2 Å². The number of nitrogens with zero attached hydrogens (tertiary/aromatic N) is 2. The fraction of sp³-hybridized carbons (Fsp3) is 0.143. The first kappa shape index (κ1) is 19.5. The number of hydrogen-bond donors (Lipinski definition) is 2. The summed E-state index contributed by atoms with van der Waals surface area (Å²) in [5.41, 5.74) is 8.76. The lowest BCUT2D eigenvalue weighted by Crippen LogP contribution is -2.22. The van der Waals surface area contributed by atoms with Crippen LogP contribution in [0.3, 0.4) is 0 Å². The normalized spacial score (nSPS) is 15.8. The van der Waals surface area contributed by atoms with Crippen LogP contribution in [-0.4, -0.2) is 18.6 Å². The molecule has 1 aromatic heterocycles. The van der Waals surface area contributed by atoms with E-state index in [0.29, 0.717) is 16.8 Å². The molecule has 0 radical (unpaired) electrons. The van der Waals surface area contributed by atoms with Gasteiger partial charge in [-0.25, -0.2) is 0 Å². The lowest BCUT2D eigenvalue weighted by atomic mass is 9.84. The summed E-state index contributed by atoms with van der Waals surface area (Å²) in [4.78, 5) is 0.0330. The molecule has 8 nitrogen and oxygen atoms in total. The fourth-order valence-corrected chi connectivity index (χ4v) is 4.33. The van der Waals surface area contributed by atoms with Gasteiger partial charge in [0.2, 0.25) is 11.8 Å². The molecule has 1 atom stereocenters. The highest BCUT2D eigenvalue weighted by atomic mass is 32.2. The Kier molecular flexibility index (Phi) is 4.72. The van der Waals surface area contributed by atoms with Crippen molar-refractivity contribution >= 4 is 10.1 Å². The molecular weight excluding hydrogens is 404 g/mol. The van der Waals surface area contributed by atoms with Crippen LogP contribution in [0.2, 0.25) is 0 Å². The number of nitriles is 1. The average molecular weight is 422 g/mol. The van der Waals surface area contributed by atoms with Gasteiger partial charge in [-0.05, 0) is 32.0 Å². The van der Waals surface area contributed by atoms with Crippen LogP contribution < -0.4 is 14.7 Å². The molecule has 4 rings (SSSR count). The number of para-hydroxylation sites is 1. The lowest BCUT2D eigenvalue weighted by molar-refractivity contribution is 0.378. The first-order chi connectivity index (χ1) is 14.3. The Labute approximate surface area is 173 Å². The molecule has 2 heterocycles. The van der Waals surface area contributed by atoms with Crippen molar-refractivity contribution in [3.8, 4) is 17.7 Å². The molecule has 9 heteroatoms. The number of fused-ring (bicyclic) bond motifs is 1. The number of nitrogens with one attached hydrogen (secondary N) is 1. The third-order valence-corrected chi connectivity index (χ3v) is 6.12. The Bertz CT molecular complexity index is 1300. The van der Waals surface area contributed by atoms with E-state index >= 15 is 0 Å². The molecular formula is C21H18N4O4S. The van der Waals surface area contributed by atoms with Crippen LogP contribution in [0.15, 0.2) is 64.9 Å². The zero-order chi connectivity index (χ0) is 21.5. The number of benzene rings is 2. The van der Waals surface area contributed by atoms with Crippen LogP contribution in [0.1, 0.15) is 28.3 Å². The van der Waals surface area contributed by atoms with Crippen molar-refractivity contribution in [2.75, 3.05) is 0 Å². The number of allylic oxidation sites excluding steroid dienone is 1. The Morgan fingerprint density at radius 1 is 1.17 bits per heavy atom. The summed E-state index contributed by atoms with van der Waals surface area (Å²) in [6.07, 6.45) is 0. The van der Waals surface area contributed by atoms with E-state index < -0.39 is 16.0 Å². The Balaban J connectivity index is 1.84. The topological polar surface area (TPSA) is 131 Å². The van der Waals surface area contributed by atoms with Gasteiger partial charge in [0.15, 0.2) is 0 Å². The largest absolute Gasteiger partial charge is 0.420 e. The summed E-state index contributed by atoms with van der Waals surface area (Å²) in [7, 11) is -4.09. The van der Waals surface area contributed by atoms with E-state index in [-0.39, 0.29) is 28.0 Å². The Hall–Kier alpha value is -3.77. The van der Waals surface area contributed by atoms with Crippen LogP contribution in [0, 0.1) is 25.2 Å². The van der Waals surface area contributed by atoms with Gasteiger partial charge in [0.05, 0.1) is 5.92 Å². The highest BCUT2D eigenvalue weighted by molar-refractivity contribution is 7.87. The van der Waals surface area contributed by atoms with Crippen molar-refractivity contribution < 1.29 is 17.3 Å². The quantitative estimate of drug-likeness (QED) is 0.618. The molecule has 0 amide bonds. The van der Waals surface area contributed by atoms with Gasteiger partial charge >= 0.3 is 10.1 Å². The number of rotatable bonds is 4. The zero-order valence-electron chi connectivity index (χ0n) is 16.2. The number of aryl methyl sites for hydroxylation is 2. The van der Waals surface area contributed by atoms with Gasteiger partial charge in [0, 0.05) is 16.8 Å². The molecule has 0 spiro atoms. The number of H-pyrrole nitrogens is 1. The molecule has 3 N–H and O–H groups in total. The van der Waals surface area contributed by atoms with E-state index in [2.05, 4.69) is 16.3 Å². The van der Waals surface area contributed by atoms with E-state index in [0.717, 1.165) is 5.56 Å². The summed E-state index contributed by atoms with van der Waals surface area (Å²) in [6.45, 7) is 3.65. The molecule has 0 saturated carbocycles. The van der Waals surface area contributed by atoms with E-state index in [1.54, 1.807) is 37.3 Å². The average Bonchev–Trinajstić information content (AvgIpc) is 3.07. The highest BCUT2D eigenvalue weighted by Gasteiger charge is 2.36. The number of aromatic amines is 1. The first-order valence-corrected chi connectivity index (χ1v) is 10.4. The Morgan fingerprint density at radius 2 is 1.87 bits per heavy atom. The van der Waals surface area contributed by atoms with Gasteiger partial charge < -0.3 is 14.7 Å². The van der Waals surface area contributed by atoms with Crippen molar-refractivity contribution in [2.45, 2.75) is 24.7 Å². The maximum Gasteiger partial charge on any atom is 0.339 e. The van der Waals surface area contributed by atoms with Gasteiger partial charge in [-0.15, -0.1) is 5.10 Å². The minimum absolute atomic E-state index is 0.0330. The van der Waals surface area contributed by atoms with Crippen LogP contribution in [0.4, 0.5) is 0 Å². The Morgan fingerprint density at radius 3 is 2.57 bits per heavy atom. The predicted molar refractivity (Wildman–Crippen MR) is 108 cm³/mol. The van der Waals surface area contributed by atoms with Crippen molar-refractivity contribution in [3.63, 3.8) is 0 Å². The molecule has 0 aliphatic carbocycles. The van der Waals surface area contributed by atoms with E-state index in [4.69, 9.17) is 14.7 Å². The summed E-state index contributed by atoms with van der Waals surface area (Å²) in [6, 6.07) is 15.0. The zero-order valence-corrected chi connectivity index (χ0v) is 17.0. The molecule has 152 valence electrons. The van der Waals surface area contributed by atoms with Gasteiger partial charge in [0.1, 0.15) is 22.3 Å². The van der Waals surface area contributed by atoms with Crippen molar-refractivity contribution in [3.05, 3.63) is 82.4 Å². The molecule has 30 heavy (non-hydrogen) atoms. The van der Waals surface area contributed by atoms with Gasteiger partial charge in [-0.3, -0.25) is 5.10 Å². The monoisotopic (exact) mass is 422 g/mol. The number of ether oxygens (including phenoxy) is 1. The predicted octanol–water partition coefficient (Wildman–Crippen LogP) is 3.01. The number of aromatic nitrogens is 2. The highest BCUT2D eigenvalue weighted by Crippen LogP contribution is 2.45. The van der Waals surface area contributed by atoms with Crippen LogP contribution in [0.25, 0.3) is 0 Å². The maximum atomic E-state index is 12.9. The molecule has 0 saturated heterocycles. The van der Waals surface area contributed by atoms with Crippen LogP contribution >= 0.6 is 0 Å². The molecule has 0 bridgehead atoms. The first-order valence-electron chi connectivity index (χ1n) is 9.04.